The first-order chi connectivity index (χ1) is 16.5. The van der Waals surface area contributed by atoms with Gasteiger partial charge in [-0.1, -0.05) is 53.5 Å². The quantitative estimate of drug-likeness (QED) is 0.320. The zero-order valence-electron chi connectivity index (χ0n) is 18.2. The number of rotatable bonds is 6. The number of pyridine rings is 1. The molecule has 0 radical (unpaired) electrons. The normalized spacial score (nSPS) is 11.1. The molecule has 7 nitrogen and oxygen atoms in total. The van der Waals surface area contributed by atoms with Crippen molar-refractivity contribution < 1.29 is 4.79 Å². The molecule has 5 rings (SSSR count). The third-order valence-electron chi connectivity index (χ3n) is 5.42. The van der Waals surface area contributed by atoms with Crippen LogP contribution in [0.15, 0.2) is 73.2 Å². The lowest BCUT2D eigenvalue weighted by molar-refractivity contribution is 0.102. The molecule has 0 saturated heterocycles. The maximum Gasteiger partial charge on any atom is 0.257 e. The van der Waals surface area contributed by atoms with Crippen molar-refractivity contribution in [1.29, 1.82) is 0 Å². The maximum absolute atomic E-state index is 13.3. The van der Waals surface area contributed by atoms with Gasteiger partial charge in [0.25, 0.3) is 5.91 Å². The Hall–Kier alpha value is -3.68. The predicted octanol–water partition coefficient (Wildman–Crippen LogP) is 5.92. The molecule has 1 amide bonds. The molecule has 5 aromatic rings. The van der Waals surface area contributed by atoms with Gasteiger partial charge in [-0.15, -0.1) is 0 Å². The van der Waals surface area contributed by atoms with E-state index in [1.807, 2.05) is 66.3 Å². The van der Waals surface area contributed by atoms with E-state index in [0.29, 0.717) is 39.2 Å². The third-order valence-corrected chi connectivity index (χ3v) is 5.95. The van der Waals surface area contributed by atoms with E-state index in [0.717, 1.165) is 23.1 Å². The summed E-state index contributed by atoms with van der Waals surface area (Å²) in [7, 11) is 0. The number of hydrogen-bond acceptors (Lipinski definition) is 4. The van der Waals surface area contributed by atoms with Crippen LogP contribution in [0.1, 0.15) is 22.8 Å². The zero-order valence-corrected chi connectivity index (χ0v) is 19.8. The molecule has 2 aromatic carbocycles. The fraction of sp³-hybridized carbons (Fsp3) is 0.120. The van der Waals surface area contributed by atoms with Crippen molar-refractivity contribution in [2.75, 3.05) is 5.32 Å². The fourth-order valence-electron chi connectivity index (χ4n) is 3.69. The van der Waals surface area contributed by atoms with E-state index in [9.17, 15) is 4.79 Å². The Morgan fingerprint density at radius 3 is 2.59 bits per heavy atom. The number of hydrogen-bond donors (Lipinski definition) is 1. The van der Waals surface area contributed by atoms with Crippen molar-refractivity contribution in [1.82, 2.24) is 24.5 Å². The van der Waals surface area contributed by atoms with E-state index in [1.165, 1.54) is 0 Å². The van der Waals surface area contributed by atoms with E-state index in [2.05, 4.69) is 15.5 Å². The molecule has 0 atom stereocenters. The van der Waals surface area contributed by atoms with Crippen molar-refractivity contribution in [2.24, 2.45) is 0 Å². The predicted molar refractivity (Wildman–Crippen MR) is 134 cm³/mol. The highest BCUT2D eigenvalue weighted by atomic mass is 35.5. The highest BCUT2D eigenvalue weighted by Crippen LogP contribution is 2.27. The van der Waals surface area contributed by atoms with Crippen LogP contribution in [0.25, 0.3) is 22.2 Å². The molecule has 1 N–H and O–H groups in total. The van der Waals surface area contributed by atoms with Gasteiger partial charge in [-0.25, -0.2) is 4.98 Å². The summed E-state index contributed by atoms with van der Waals surface area (Å²) in [6.07, 6.45) is 5.34. The number of halogens is 2. The monoisotopic (exact) mass is 490 g/mol. The average molecular weight is 491 g/mol. The van der Waals surface area contributed by atoms with Crippen LogP contribution in [-0.4, -0.2) is 30.5 Å². The Labute approximate surface area is 205 Å². The number of carbonyl (C=O) groups excluding carboxylic acids is 1. The lowest BCUT2D eigenvalue weighted by Gasteiger charge is -2.09. The van der Waals surface area contributed by atoms with Crippen LogP contribution in [0, 0.1) is 0 Å². The standard InChI is InChI=1S/C25H20Cl2N6O/c1-2-32-14-17(12-28-32)23-11-20(19-5-3-4-6-22(19)29-23)25(34)30-24-21(27)15-33(31-24)13-16-7-9-18(26)10-8-16/h3-12,14-15H,2,13H2,1H3,(H,30,31,34). The van der Waals surface area contributed by atoms with E-state index >= 15 is 0 Å². The van der Waals surface area contributed by atoms with Gasteiger partial charge in [0.1, 0.15) is 5.02 Å². The van der Waals surface area contributed by atoms with Gasteiger partial charge in [-0.05, 0) is 36.8 Å². The third kappa shape index (κ3) is 4.53. The van der Waals surface area contributed by atoms with Gasteiger partial charge in [-0.3, -0.25) is 14.2 Å². The van der Waals surface area contributed by atoms with Crippen LogP contribution in [0.3, 0.4) is 0 Å². The molecular formula is C25H20Cl2N6O. The lowest BCUT2D eigenvalue weighted by Crippen LogP contribution is -2.14. The number of carbonyl (C=O) groups is 1. The number of fused-ring (bicyclic) bond motifs is 1. The topological polar surface area (TPSA) is 77.6 Å². The Morgan fingerprint density at radius 1 is 1.03 bits per heavy atom. The molecule has 0 aliphatic carbocycles. The molecule has 9 heteroatoms. The number of benzene rings is 2. The minimum absolute atomic E-state index is 0.293. The van der Waals surface area contributed by atoms with Gasteiger partial charge < -0.3 is 5.32 Å². The smallest absolute Gasteiger partial charge is 0.257 e. The molecule has 0 bridgehead atoms. The fourth-order valence-corrected chi connectivity index (χ4v) is 4.02. The molecule has 0 saturated carbocycles. The minimum atomic E-state index is -0.318. The van der Waals surface area contributed by atoms with Crippen LogP contribution in [0.4, 0.5) is 5.82 Å². The van der Waals surface area contributed by atoms with Gasteiger partial charge in [0.2, 0.25) is 0 Å². The highest BCUT2D eigenvalue weighted by Gasteiger charge is 2.18. The van der Waals surface area contributed by atoms with Crippen molar-refractivity contribution >= 4 is 45.8 Å². The zero-order chi connectivity index (χ0) is 23.7. The van der Waals surface area contributed by atoms with Gasteiger partial charge >= 0.3 is 0 Å². The van der Waals surface area contributed by atoms with Gasteiger partial charge in [0.15, 0.2) is 5.82 Å². The van der Waals surface area contributed by atoms with E-state index in [4.69, 9.17) is 28.2 Å². The van der Waals surface area contributed by atoms with Crippen molar-refractivity contribution in [2.45, 2.75) is 20.0 Å². The first-order valence-corrected chi connectivity index (χ1v) is 11.5. The largest absolute Gasteiger partial charge is 0.304 e. The first-order valence-electron chi connectivity index (χ1n) is 10.7. The molecule has 170 valence electrons. The summed E-state index contributed by atoms with van der Waals surface area (Å²) < 4.78 is 3.50. The van der Waals surface area contributed by atoms with Crippen LogP contribution in [0.2, 0.25) is 10.0 Å². The minimum Gasteiger partial charge on any atom is -0.304 e. The van der Waals surface area contributed by atoms with E-state index in [1.54, 1.807) is 23.1 Å². The summed E-state index contributed by atoms with van der Waals surface area (Å²) in [6.45, 7) is 3.26. The number of nitrogens with one attached hydrogen (secondary N) is 1. The Bertz CT molecular complexity index is 1490. The molecule has 0 spiro atoms. The molecular weight excluding hydrogens is 471 g/mol. The second-order valence-electron chi connectivity index (χ2n) is 7.76. The van der Waals surface area contributed by atoms with Crippen LogP contribution in [0.5, 0.6) is 0 Å². The van der Waals surface area contributed by atoms with Crippen LogP contribution >= 0.6 is 23.2 Å². The molecule has 34 heavy (non-hydrogen) atoms. The highest BCUT2D eigenvalue weighted by molar-refractivity contribution is 6.33. The summed E-state index contributed by atoms with van der Waals surface area (Å²) in [5, 5.41) is 13.4. The number of anilines is 1. The van der Waals surface area contributed by atoms with Crippen LogP contribution < -0.4 is 5.32 Å². The summed E-state index contributed by atoms with van der Waals surface area (Å²) in [6, 6.07) is 16.8. The van der Waals surface area contributed by atoms with Gasteiger partial charge in [0.05, 0.1) is 29.5 Å². The molecule has 3 heterocycles. The van der Waals surface area contributed by atoms with Crippen molar-refractivity contribution in [3.05, 3.63) is 94.4 Å². The number of nitrogens with zero attached hydrogens (tertiary/aromatic N) is 5. The summed E-state index contributed by atoms with van der Waals surface area (Å²) in [5.41, 5.74) is 3.72. The number of para-hydroxylation sites is 1. The number of aromatic nitrogens is 5. The summed E-state index contributed by atoms with van der Waals surface area (Å²) in [5.74, 6) is -0.0248. The molecule has 0 unspecified atom stereocenters. The summed E-state index contributed by atoms with van der Waals surface area (Å²) >= 11 is 12.3. The lowest BCUT2D eigenvalue weighted by atomic mass is 10.0. The SMILES string of the molecule is CCn1cc(-c2cc(C(=O)Nc3nn(Cc4ccc(Cl)cc4)cc3Cl)c3ccccc3n2)cn1. The molecule has 0 fully saturated rings. The first kappa shape index (κ1) is 22.1. The molecule has 0 aliphatic rings. The summed E-state index contributed by atoms with van der Waals surface area (Å²) in [4.78, 5) is 18.1. The average Bonchev–Trinajstić information content (AvgIpc) is 3.46. The number of amides is 1. The maximum atomic E-state index is 13.3. The Kier molecular flexibility index (Phi) is 6.04. The van der Waals surface area contributed by atoms with E-state index < -0.39 is 0 Å². The molecule has 0 aliphatic heterocycles. The second-order valence-corrected chi connectivity index (χ2v) is 8.60. The van der Waals surface area contributed by atoms with Gasteiger partial charge in [0, 0.05) is 34.9 Å². The van der Waals surface area contributed by atoms with Gasteiger partial charge in [-0.2, -0.15) is 10.2 Å². The molecule has 3 aromatic heterocycles. The number of aryl methyl sites for hydroxylation is 1. The Balaban J connectivity index is 1.45. The second kappa shape index (κ2) is 9.29. The van der Waals surface area contributed by atoms with Crippen LogP contribution in [-0.2, 0) is 13.1 Å². The van der Waals surface area contributed by atoms with Crippen molar-refractivity contribution in [3.63, 3.8) is 0 Å². The Morgan fingerprint density at radius 2 is 1.82 bits per heavy atom. The van der Waals surface area contributed by atoms with Crippen molar-refractivity contribution in [3.8, 4) is 11.3 Å². The van der Waals surface area contributed by atoms with E-state index in [-0.39, 0.29) is 5.91 Å².